The van der Waals surface area contributed by atoms with E-state index < -0.39 is 0 Å². The largest absolute Gasteiger partial charge is 0.338 e. The number of nitrogens with zero attached hydrogens (tertiary/aromatic N) is 2. The van der Waals surface area contributed by atoms with Gasteiger partial charge >= 0.3 is 0 Å². The molecule has 1 saturated heterocycles. The van der Waals surface area contributed by atoms with Crippen molar-refractivity contribution in [3.8, 4) is 0 Å². The molecule has 1 unspecified atom stereocenters. The zero-order valence-electron chi connectivity index (χ0n) is 13.2. The molecular formula is C17H23N3O2. The number of likely N-dealkylation sites (tertiary alicyclic amines) is 1. The topological polar surface area (TPSA) is 61.8 Å². The molecule has 0 bridgehead atoms. The maximum absolute atomic E-state index is 12.1. The second-order valence-corrected chi connectivity index (χ2v) is 5.52. The maximum Gasteiger partial charge on any atom is 0.245 e. The molecule has 22 heavy (non-hydrogen) atoms. The number of carbonyl (C=O) groups is 2. The van der Waals surface area contributed by atoms with Crippen LogP contribution < -0.4 is 5.43 Å². The van der Waals surface area contributed by atoms with Crippen LogP contribution in [0.2, 0.25) is 0 Å². The van der Waals surface area contributed by atoms with Crippen LogP contribution in [0, 0.1) is 5.92 Å². The van der Waals surface area contributed by atoms with E-state index in [9.17, 15) is 9.59 Å². The minimum atomic E-state index is -0.310. The summed E-state index contributed by atoms with van der Waals surface area (Å²) in [5.74, 6) is -0.447. The monoisotopic (exact) mass is 301 g/mol. The van der Waals surface area contributed by atoms with Gasteiger partial charge < -0.3 is 4.90 Å². The smallest absolute Gasteiger partial charge is 0.245 e. The SMILES string of the molecule is CCC(CC)=NNC(=O)C1CC(=O)N(Cc2ccccc2)C1. The summed E-state index contributed by atoms with van der Waals surface area (Å²) >= 11 is 0. The predicted octanol–water partition coefficient (Wildman–Crippen LogP) is 2.33. The van der Waals surface area contributed by atoms with Crippen LogP contribution in [0.4, 0.5) is 0 Å². The summed E-state index contributed by atoms with van der Waals surface area (Å²) in [6, 6.07) is 9.82. The van der Waals surface area contributed by atoms with Crippen LogP contribution in [0.25, 0.3) is 0 Å². The Labute approximate surface area is 131 Å². The highest BCUT2D eigenvalue weighted by atomic mass is 16.2. The van der Waals surface area contributed by atoms with Crippen molar-refractivity contribution >= 4 is 17.5 Å². The molecule has 118 valence electrons. The first-order valence-electron chi connectivity index (χ1n) is 7.81. The quantitative estimate of drug-likeness (QED) is 0.647. The van der Waals surface area contributed by atoms with Crippen LogP contribution in [0.1, 0.15) is 38.7 Å². The van der Waals surface area contributed by atoms with Crippen molar-refractivity contribution in [3.63, 3.8) is 0 Å². The van der Waals surface area contributed by atoms with Crippen LogP contribution in [0.3, 0.4) is 0 Å². The number of hydrogen-bond acceptors (Lipinski definition) is 3. The van der Waals surface area contributed by atoms with Gasteiger partial charge in [0.25, 0.3) is 0 Å². The van der Waals surface area contributed by atoms with Crippen molar-refractivity contribution in [3.05, 3.63) is 35.9 Å². The molecule has 1 atom stereocenters. The van der Waals surface area contributed by atoms with Gasteiger partial charge in [0.15, 0.2) is 0 Å². The van der Waals surface area contributed by atoms with Crippen molar-refractivity contribution in [2.75, 3.05) is 6.54 Å². The van der Waals surface area contributed by atoms with Crippen molar-refractivity contribution < 1.29 is 9.59 Å². The fraction of sp³-hybridized carbons (Fsp3) is 0.471. The van der Waals surface area contributed by atoms with Crippen molar-refractivity contribution in [2.45, 2.75) is 39.7 Å². The van der Waals surface area contributed by atoms with Crippen LogP contribution in [-0.4, -0.2) is 29.0 Å². The fourth-order valence-electron chi connectivity index (χ4n) is 2.54. The normalized spacial score (nSPS) is 17.5. The predicted molar refractivity (Wildman–Crippen MR) is 86.1 cm³/mol. The van der Waals surface area contributed by atoms with Gasteiger partial charge in [-0.2, -0.15) is 5.10 Å². The zero-order valence-corrected chi connectivity index (χ0v) is 13.2. The van der Waals surface area contributed by atoms with Gasteiger partial charge in [0.1, 0.15) is 0 Å². The highest BCUT2D eigenvalue weighted by Gasteiger charge is 2.34. The third-order valence-electron chi connectivity index (χ3n) is 3.94. The molecule has 0 aromatic heterocycles. The molecule has 1 aromatic carbocycles. The minimum Gasteiger partial charge on any atom is -0.338 e. The Morgan fingerprint density at radius 3 is 2.59 bits per heavy atom. The van der Waals surface area contributed by atoms with Crippen molar-refractivity contribution in [1.29, 1.82) is 0 Å². The fourth-order valence-corrected chi connectivity index (χ4v) is 2.54. The van der Waals surface area contributed by atoms with Gasteiger partial charge in [-0.25, -0.2) is 5.43 Å². The number of nitrogens with one attached hydrogen (secondary N) is 1. The lowest BCUT2D eigenvalue weighted by Crippen LogP contribution is -2.30. The lowest BCUT2D eigenvalue weighted by Gasteiger charge is -2.16. The molecule has 2 amide bonds. The van der Waals surface area contributed by atoms with Gasteiger partial charge in [-0.15, -0.1) is 0 Å². The standard InChI is InChI=1S/C17H23N3O2/c1-3-15(4-2)18-19-17(22)14-10-16(21)20(12-14)11-13-8-6-5-7-9-13/h5-9,14H,3-4,10-12H2,1-2H3,(H,19,22). The average molecular weight is 301 g/mol. The molecule has 5 heteroatoms. The van der Waals surface area contributed by atoms with Crippen LogP contribution in [0.15, 0.2) is 35.4 Å². The first-order chi connectivity index (χ1) is 10.6. The Bertz CT molecular complexity index is 548. The Balaban J connectivity index is 1.91. The number of hydrazone groups is 1. The van der Waals surface area contributed by atoms with E-state index in [0.29, 0.717) is 13.1 Å². The second kappa shape index (κ2) is 7.73. The van der Waals surface area contributed by atoms with E-state index in [1.54, 1.807) is 4.90 Å². The summed E-state index contributed by atoms with van der Waals surface area (Å²) in [6.45, 7) is 5.04. The molecule has 1 N–H and O–H groups in total. The second-order valence-electron chi connectivity index (χ2n) is 5.52. The van der Waals surface area contributed by atoms with Gasteiger partial charge in [0.05, 0.1) is 5.92 Å². The summed E-state index contributed by atoms with van der Waals surface area (Å²) in [5, 5.41) is 4.13. The number of amides is 2. The van der Waals surface area contributed by atoms with Crippen LogP contribution in [-0.2, 0) is 16.1 Å². The van der Waals surface area contributed by atoms with Gasteiger partial charge in [0, 0.05) is 25.2 Å². The van der Waals surface area contributed by atoms with Crippen LogP contribution >= 0.6 is 0 Å². The molecule has 0 radical (unpaired) electrons. The molecule has 1 aromatic rings. The average Bonchev–Trinajstić information content (AvgIpc) is 2.90. The van der Waals surface area contributed by atoms with E-state index in [-0.39, 0.29) is 24.2 Å². The Morgan fingerprint density at radius 2 is 1.95 bits per heavy atom. The first-order valence-corrected chi connectivity index (χ1v) is 7.81. The molecule has 0 aliphatic carbocycles. The lowest BCUT2D eigenvalue weighted by molar-refractivity contribution is -0.129. The van der Waals surface area contributed by atoms with E-state index >= 15 is 0 Å². The molecule has 1 fully saturated rings. The molecule has 0 spiro atoms. The number of rotatable bonds is 6. The molecule has 1 aliphatic rings. The highest BCUT2D eigenvalue weighted by molar-refractivity contribution is 5.90. The van der Waals surface area contributed by atoms with Crippen LogP contribution in [0.5, 0.6) is 0 Å². The summed E-state index contributed by atoms with van der Waals surface area (Å²) in [7, 11) is 0. The van der Waals surface area contributed by atoms with E-state index in [4.69, 9.17) is 0 Å². The van der Waals surface area contributed by atoms with Crippen molar-refractivity contribution in [2.24, 2.45) is 11.0 Å². The van der Waals surface area contributed by atoms with E-state index in [2.05, 4.69) is 10.5 Å². The summed E-state index contributed by atoms with van der Waals surface area (Å²) < 4.78 is 0. The molecule has 0 saturated carbocycles. The van der Waals surface area contributed by atoms with E-state index in [1.807, 2.05) is 44.2 Å². The Morgan fingerprint density at radius 1 is 1.27 bits per heavy atom. The van der Waals surface area contributed by atoms with Gasteiger partial charge in [-0.05, 0) is 18.4 Å². The molecular weight excluding hydrogens is 278 g/mol. The third-order valence-corrected chi connectivity index (χ3v) is 3.94. The zero-order chi connectivity index (χ0) is 15.9. The van der Waals surface area contributed by atoms with Gasteiger partial charge in [-0.3, -0.25) is 9.59 Å². The lowest BCUT2D eigenvalue weighted by atomic mass is 10.1. The van der Waals surface area contributed by atoms with Gasteiger partial charge in [-0.1, -0.05) is 44.2 Å². The highest BCUT2D eigenvalue weighted by Crippen LogP contribution is 2.20. The maximum atomic E-state index is 12.1. The number of hydrogen-bond donors (Lipinski definition) is 1. The molecule has 1 aliphatic heterocycles. The summed E-state index contributed by atoms with van der Waals surface area (Å²) in [5.41, 5.74) is 4.64. The van der Waals surface area contributed by atoms with E-state index in [0.717, 1.165) is 24.1 Å². The molecule has 5 nitrogen and oxygen atoms in total. The first kappa shape index (κ1) is 16.2. The summed E-state index contributed by atoms with van der Waals surface area (Å²) in [6.07, 6.45) is 1.91. The number of carbonyl (C=O) groups excluding carboxylic acids is 2. The molecule has 1 heterocycles. The van der Waals surface area contributed by atoms with Crippen molar-refractivity contribution in [1.82, 2.24) is 10.3 Å². The Hall–Kier alpha value is -2.17. The van der Waals surface area contributed by atoms with Gasteiger partial charge in [0.2, 0.25) is 11.8 Å². The third kappa shape index (κ3) is 4.16. The minimum absolute atomic E-state index is 0.0270. The van der Waals surface area contributed by atoms with E-state index in [1.165, 1.54) is 0 Å². The molecule has 2 rings (SSSR count). The summed E-state index contributed by atoms with van der Waals surface area (Å²) in [4.78, 5) is 25.9. The number of benzene rings is 1. The Kier molecular flexibility index (Phi) is 5.69.